The minimum absolute atomic E-state index is 0.00658. The quantitative estimate of drug-likeness (QED) is 0.723. The Bertz CT molecular complexity index is 1130. The first-order valence-corrected chi connectivity index (χ1v) is 11.0. The van der Waals surface area contributed by atoms with E-state index < -0.39 is 53.1 Å². The van der Waals surface area contributed by atoms with Gasteiger partial charge in [0.2, 0.25) is 15.9 Å². The number of amides is 1. The second-order valence-corrected chi connectivity index (χ2v) is 9.37. The van der Waals surface area contributed by atoms with Gasteiger partial charge in [0.15, 0.2) is 0 Å². The van der Waals surface area contributed by atoms with Gasteiger partial charge in [0.25, 0.3) is 5.92 Å². The van der Waals surface area contributed by atoms with Gasteiger partial charge >= 0.3 is 0 Å². The third-order valence-electron chi connectivity index (χ3n) is 4.86. The number of hydrogen-bond acceptors (Lipinski definition) is 4. The molecule has 1 amide bonds. The molecule has 1 atom stereocenters. The van der Waals surface area contributed by atoms with Crippen molar-refractivity contribution in [1.82, 2.24) is 9.62 Å². The average molecular weight is 472 g/mol. The Morgan fingerprint density at radius 3 is 2.52 bits per heavy atom. The Labute approximate surface area is 182 Å². The summed E-state index contributed by atoms with van der Waals surface area (Å²) in [5.74, 6) is -5.10. The first-order chi connectivity index (χ1) is 14.5. The lowest BCUT2D eigenvalue weighted by atomic mass is 10.1. The highest BCUT2D eigenvalue weighted by Crippen LogP contribution is 2.32. The molecule has 1 saturated heterocycles. The molecular formula is C20H17ClF3N3O3S. The summed E-state index contributed by atoms with van der Waals surface area (Å²) in [7, 11) is -4.50. The predicted octanol–water partition coefficient (Wildman–Crippen LogP) is 3.46. The van der Waals surface area contributed by atoms with Gasteiger partial charge in [0.05, 0.1) is 16.5 Å². The Kier molecular flexibility index (Phi) is 6.59. The number of carbonyl (C=O) groups is 1. The van der Waals surface area contributed by atoms with Gasteiger partial charge in [-0.25, -0.2) is 21.6 Å². The molecule has 2 aromatic rings. The molecule has 0 aliphatic carbocycles. The number of rotatable bonds is 5. The molecule has 3 rings (SSSR count). The summed E-state index contributed by atoms with van der Waals surface area (Å²) >= 11 is 5.80. The molecule has 1 aliphatic heterocycles. The van der Waals surface area contributed by atoms with Crippen molar-refractivity contribution < 1.29 is 26.4 Å². The van der Waals surface area contributed by atoms with Gasteiger partial charge in [0, 0.05) is 36.5 Å². The summed E-state index contributed by atoms with van der Waals surface area (Å²) in [6.45, 7) is -1.00. The van der Waals surface area contributed by atoms with Crippen LogP contribution in [0, 0.1) is 17.1 Å². The lowest BCUT2D eigenvalue weighted by Gasteiger charge is -2.30. The molecule has 0 bridgehead atoms. The lowest BCUT2D eigenvalue weighted by Crippen LogP contribution is -2.49. The van der Waals surface area contributed by atoms with Crippen LogP contribution in [0.3, 0.4) is 0 Å². The van der Waals surface area contributed by atoms with Gasteiger partial charge in [-0.3, -0.25) is 4.79 Å². The van der Waals surface area contributed by atoms with Crippen LogP contribution in [-0.2, 0) is 21.4 Å². The number of nitrogens with one attached hydrogen (secondary N) is 1. The topological polar surface area (TPSA) is 90.3 Å². The molecule has 1 heterocycles. The molecule has 31 heavy (non-hydrogen) atoms. The van der Waals surface area contributed by atoms with E-state index in [0.717, 1.165) is 6.07 Å². The number of benzene rings is 2. The van der Waals surface area contributed by atoms with E-state index >= 15 is 0 Å². The van der Waals surface area contributed by atoms with Crippen molar-refractivity contribution in [2.24, 2.45) is 0 Å². The molecule has 1 unspecified atom stereocenters. The molecule has 0 saturated carbocycles. The Balaban J connectivity index is 2.10. The molecular weight excluding hydrogens is 455 g/mol. The Morgan fingerprint density at radius 1 is 1.23 bits per heavy atom. The first kappa shape index (κ1) is 23.1. The van der Waals surface area contributed by atoms with Crippen molar-refractivity contribution in [2.45, 2.75) is 36.2 Å². The van der Waals surface area contributed by atoms with Crippen molar-refractivity contribution in [3.63, 3.8) is 0 Å². The second kappa shape index (κ2) is 8.86. The van der Waals surface area contributed by atoms with Crippen molar-refractivity contribution in [3.8, 4) is 6.07 Å². The summed E-state index contributed by atoms with van der Waals surface area (Å²) in [5, 5.41) is 11.4. The van der Waals surface area contributed by atoms with E-state index in [1.165, 1.54) is 36.4 Å². The van der Waals surface area contributed by atoms with E-state index in [1.54, 1.807) is 6.07 Å². The van der Waals surface area contributed by atoms with Crippen molar-refractivity contribution in [1.29, 1.82) is 5.26 Å². The summed E-state index contributed by atoms with van der Waals surface area (Å²) in [6, 6.07) is 8.30. The third kappa shape index (κ3) is 5.18. The smallest absolute Gasteiger partial charge is 0.251 e. The zero-order valence-electron chi connectivity index (χ0n) is 16.0. The van der Waals surface area contributed by atoms with Crippen molar-refractivity contribution in [3.05, 3.63) is 64.4 Å². The Hall–Kier alpha value is -2.61. The van der Waals surface area contributed by atoms with E-state index in [4.69, 9.17) is 16.9 Å². The van der Waals surface area contributed by atoms with E-state index in [1.807, 2.05) is 0 Å². The monoisotopic (exact) mass is 471 g/mol. The van der Waals surface area contributed by atoms with Crippen LogP contribution in [0.15, 0.2) is 47.4 Å². The highest BCUT2D eigenvalue weighted by atomic mass is 35.5. The molecule has 11 heteroatoms. The fourth-order valence-corrected chi connectivity index (χ4v) is 4.91. The van der Waals surface area contributed by atoms with Gasteiger partial charge < -0.3 is 5.32 Å². The molecule has 2 aromatic carbocycles. The van der Waals surface area contributed by atoms with E-state index in [-0.39, 0.29) is 27.6 Å². The van der Waals surface area contributed by atoms with E-state index in [2.05, 4.69) is 5.32 Å². The summed E-state index contributed by atoms with van der Waals surface area (Å²) in [6.07, 6.45) is -1.70. The van der Waals surface area contributed by atoms with Crippen LogP contribution in [0.4, 0.5) is 13.2 Å². The molecule has 1 fully saturated rings. The number of alkyl halides is 2. The maximum Gasteiger partial charge on any atom is 0.251 e. The normalized spacial score (nSPS) is 18.8. The number of hydrogen-bond donors (Lipinski definition) is 1. The van der Waals surface area contributed by atoms with E-state index in [9.17, 15) is 26.4 Å². The first-order valence-electron chi connectivity index (χ1n) is 9.15. The molecule has 1 N–H and O–H groups in total. The minimum Gasteiger partial charge on any atom is -0.354 e. The Morgan fingerprint density at radius 2 is 1.90 bits per heavy atom. The van der Waals surface area contributed by atoms with Gasteiger partial charge in [0.1, 0.15) is 11.9 Å². The average Bonchev–Trinajstić information content (AvgIpc) is 2.84. The van der Waals surface area contributed by atoms with Gasteiger partial charge in [-0.1, -0.05) is 17.7 Å². The van der Waals surface area contributed by atoms with Crippen LogP contribution in [0.25, 0.3) is 0 Å². The minimum atomic E-state index is -4.50. The zero-order valence-corrected chi connectivity index (χ0v) is 17.6. The molecule has 164 valence electrons. The van der Waals surface area contributed by atoms with Crippen LogP contribution < -0.4 is 5.32 Å². The highest BCUT2D eigenvalue weighted by Gasteiger charge is 2.45. The van der Waals surface area contributed by atoms with Crippen LogP contribution in [0.2, 0.25) is 5.02 Å². The number of nitrogens with zero attached hydrogens (tertiary/aromatic N) is 2. The van der Waals surface area contributed by atoms with Crippen LogP contribution in [0.1, 0.15) is 24.0 Å². The molecule has 0 aromatic heterocycles. The summed E-state index contributed by atoms with van der Waals surface area (Å²) < 4.78 is 70.3. The van der Waals surface area contributed by atoms with Crippen LogP contribution in [0.5, 0.6) is 0 Å². The maximum absolute atomic E-state index is 14.5. The van der Waals surface area contributed by atoms with Crippen molar-refractivity contribution >= 4 is 27.5 Å². The highest BCUT2D eigenvalue weighted by molar-refractivity contribution is 7.89. The third-order valence-corrected chi connectivity index (χ3v) is 6.98. The zero-order chi connectivity index (χ0) is 22.8. The fraction of sp³-hybridized carbons (Fsp3) is 0.300. The molecule has 6 nitrogen and oxygen atoms in total. The van der Waals surface area contributed by atoms with E-state index in [0.29, 0.717) is 4.31 Å². The largest absolute Gasteiger partial charge is 0.354 e. The van der Waals surface area contributed by atoms with Gasteiger partial charge in [-0.15, -0.1) is 0 Å². The molecule has 0 spiro atoms. The summed E-state index contributed by atoms with van der Waals surface area (Å²) in [5.41, 5.74) is -0.163. The SMILES string of the molecule is N#Cc1ccc(CN(C2CC(F)(F)CCNC2=O)S(=O)(=O)c2ccc(Cl)cc2)c(F)c1. The standard InChI is InChI=1S/C20H17ClF3N3O3S/c21-15-3-5-16(6-4-15)31(29,30)27(12-14-2-1-13(11-25)9-17(14)22)18-10-20(23,24)7-8-26-19(18)28/h1-6,9,18H,7-8,10,12H2,(H,26,28). The van der Waals surface area contributed by atoms with Crippen molar-refractivity contribution in [2.75, 3.05) is 6.54 Å². The maximum atomic E-state index is 14.5. The second-order valence-electron chi connectivity index (χ2n) is 7.04. The van der Waals surface area contributed by atoms with Crippen LogP contribution in [-0.4, -0.2) is 37.1 Å². The molecule has 1 aliphatic rings. The van der Waals surface area contributed by atoms with Gasteiger partial charge in [-0.05, 0) is 36.4 Å². The predicted molar refractivity (Wildman–Crippen MR) is 106 cm³/mol. The number of sulfonamides is 1. The number of carbonyl (C=O) groups excluding carboxylic acids is 1. The summed E-state index contributed by atoms with van der Waals surface area (Å²) in [4.78, 5) is 12.3. The number of halogens is 4. The lowest BCUT2D eigenvalue weighted by molar-refractivity contribution is -0.126. The van der Waals surface area contributed by atoms with Gasteiger partial charge in [-0.2, -0.15) is 9.57 Å². The van der Waals surface area contributed by atoms with Crippen LogP contribution >= 0.6 is 11.6 Å². The number of nitriles is 1. The molecule has 0 radical (unpaired) electrons. The fourth-order valence-electron chi connectivity index (χ4n) is 3.21.